The van der Waals surface area contributed by atoms with E-state index in [2.05, 4.69) is 18.7 Å². The first kappa shape index (κ1) is 10.0. The summed E-state index contributed by atoms with van der Waals surface area (Å²) in [5, 5.41) is 0. The van der Waals surface area contributed by atoms with E-state index in [-0.39, 0.29) is 5.54 Å². The van der Waals surface area contributed by atoms with Gasteiger partial charge in [-0.1, -0.05) is 0 Å². The molecule has 2 nitrogen and oxygen atoms in total. The summed E-state index contributed by atoms with van der Waals surface area (Å²) in [5.74, 6) is 0. The first-order valence-electron chi connectivity index (χ1n) is 4.61. The van der Waals surface area contributed by atoms with E-state index in [4.69, 9.17) is 11.7 Å². The van der Waals surface area contributed by atoms with E-state index in [0.717, 1.165) is 25.9 Å². The molecule has 0 saturated carbocycles. The van der Waals surface area contributed by atoms with Gasteiger partial charge in [-0.3, -0.25) is 4.90 Å². The minimum Gasteiger partial charge on any atom is -0.381 e. The molecule has 1 aliphatic rings. The minimum absolute atomic E-state index is 0.168. The summed E-state index contributed by atoms with van der Waals surface area (Å²) < 4.78 is 5.28. The molecule has 12 heavy (non-hydrogen) atoms. The third-order valence-corrected chi connectivity index (χ3v) is 2.59. The van der Waals surface area contributed by atoms with E-state index in [1.165, 1.54) is 0 Å². The Hall–Kier alpha value is -0.0800. The predicted octanol–water partition coefficient (Wildman–Crippen LogP) is 1.59. The lowest BCUT2D eigenvalue weighted by molar-refractivity contribution is 0.0178. The Morgan fingerprint density at radius 1 is 1.33 bits per heavy atom. The molecule has 0 aromatic rings. The molecule has 0 bridgehead atoms. The number of ether oxygens (including phenoxy) is 1. The molecule has 2 radical (unpaired) electrons. The van der Waals surface area contributed by atoms with Crippen molar-refractivity contribution < 1.29 is 4.74 Å². The highest BCUT2D eigenvalue weighted by Gasteiger charge is 2.26. The minimum atomic E-state index is -0.168. The van der Waals surface area contributed by atoms with Crippen molar-refractivity contribution in [3.05, 3.63) is 6.92 Å². The van der Waals surface area contributed by atoms with Crippen LogP contribution in [0, 0.1) is 6.92 Å². The molecule has 1 aliphatic heterocycles. The van der Waals surface area contributed by atoms with Crippen molar-refractivity contribution in [2.24, 2.45) is 0 Å². The highest BCUT2D eigenvalue weighted by molar-refractivity contribution is 4.87. The standard InChI is InChI=1S/C10H19NO/c1-10(2,3)11-7-5-9(12-4)6-8-11/h1,9H,5-8H2,2-4H3. The number of methoxy groups -OCH3 is 1. The van der Waals surface area contributed by atoms with Crippen molar-refractivity contribution in [2.75, 3.05) is 20.2 Å². The summed E-state index contributed by atoms with van der Waals surface area (Å²) in [7, 11) is 1.79. The smallest absolute Gasteiger partial charge is 0.0595 e. The van der Waals surface area contributed by atoms with Crippen LogP contribution in [0.4, 0.5) is 0 Å². The lowest BCUT2D eigenvalue weighted by Crippen LogP contribution is -2.47. The molecule has 0 unspecified atom stereocenters. The van der Waals surface area contributed by atoms with Crippen molar-refractivity contribution in [3.63, 3.8) is 0 Å². The van der Waals surface area contributed by atoms with Crippen molar-refractivity contribution in [1.29, 1.82) is 0 Å². The van der Waals surface area contributed by atoms with Crippen LogP contribution in [-0.2, 0) is 4.74 Å². The van der Waals surface area contributed by atoms with Crippen molar-refractivity contribution in [2.45, 2.75) is 38.3 Å². The second kappa shape index (κ2) is 3.75. The van der Waals surface area contributed by atoms with Crippen LogP contribution in [0.25, 0.3) is 0 Å². The summed E-state index contributed by atoms with van der Waals surface area (Å²) >= 11 is 0. The Bertz CT molecular complexity index is 131. The van der Waals surface area contributed by atoms with Crippen LogP contribution < -0.4 is 0 Å². The molecule has 0 spiro atoms. The van der Waals surface area contributed by atoms with Crippen LogP contribution in [0.15, 0.2) is 0 Å². The van der Waals surface area contributed by atoms with E-state index < -0.39 is 0 Å². The van der Waals surface area contributed by atoms with Crippen LogP contribution in [0.3, 0.4) is 0 Å². The Kier molecular flexibility index (Phi) is 3.13. The molecule has 1 heterocycles. The van der Waals surface area contributed by atoms with Crippen LogP contribution in [-0.4, -0.2) is 36.7 Å². The molecule has 1 fully saturated rings. The molecule has 1 saturated heterocycles. The lowest BCUT2D eigenvalue weighted by Gasteiger charge is -2.40. The van der Waals surface area contributed by atoms with Gasteiger partial charge in [0.25, 0.3) is 0 Å². The second-order valence-corrected chi connectivity index (χ2v) is 4.08. The summed E-state index contributed by atoms with van der Waals surface area (Å²) in [5.41, 5.74) is -0.168. The predicted molar refractivity (Wildman–Crippen MR) is 50.0 cm³/mol. The fourth-order valence-corrected chi connectivity index (χ4v) is 1.67. The molecule has 0 atom stereocenters. The van der Waals surface area contributed by atoms with Crippen molar-refractivity contribution in [1.82, 2.24) is 4.90 Å². The Balaban J connectivity index is 2.36. The van der Waals surface area contributed by atoms with Gasteiger partial charge in [0.2, 0.25) is 0 Å². The highest BCUT2D eigenvalue weighted by Crippen LogP contribution is 2.20. The number of rotatable bonds is 2. The SMILES string of the molecule is [CH]C(C)(C)N1CCC(OC)CC1. The summed E-state index contributed by atoms with van der Waals surface area (Å²) in [4.78, 5) is 2.31. The van der Waals surface area contributed by atoms with Crippen LogP contribution >= 0.6 is 0 Å². The molecule has 0 aromatic carbocycles. The topological polar surface area (TPSA) is 12.5 Å². The summed E-state index contributed by atoms with van der Waals surface area (Å²) in [6.45, 7) is 12.2. The highest BCUT2D eigenvalue weighted by atomic mass is 16.5. The van der Waals surface area contributed by atoms with Gasteiger partial charge in [0.1, 0.15) is 0 Å². The van der Waals surface area contributed by atoms with Gasteiger partial charge in [0.05, 0.1) is 6.10 Å². The van der Waals surface area contributed by atoms with Crippen molar-refractivity contribution >= 4 is 0 Å². The average molecular weight is 169 g/mol. The van der Waals surface area contributed by atoms with Gasteiger partial charge in [-0.2, -0.15) is 0 Å². The Labute approximate surface area is 75.9 Å². The quantitative estimate of drug-likeness (QED) is 0.622. The number of hydrogen-bond donors (Lipinski definition) is 0. The van der Waals surface area contributed by atoms with E-state index in [9.17, 15) is 0 Å². The second-order valence-electron chi connectivity index (χ2n) is 4.08. The average Bonchev–Trinajstić information content (AvgIpc) is 2.03. The van der Waals surface area contributed by atoms with Crippen LogP contribution in [0.5, 0.6) is 0 Å². The van der Waals surface area contributed by atoms with Crippen molar-refractivity contribution in [3.8, 4) is 0 Å². The van der Waals surface area contributed by atoms with Gasteiger partial charge in [0, 0.05) is 25.7 Å². The van der Waals surface area contributed by atoms with Gasteiger partial charge in [-0.05, 0) is 33.6 Å². The van der Waals surface area contributed by atoms with Crippen LogP contribution in [0.2, 0.25) is 0 Å². The number of hydrogen-bond acceptors (Lipinski definition) is 2. The first-order valence-corrected chi connectivity index (χ1v) is 4.61. The Morgan fingerprint density at radius 3 is 2.17 bits per heavy atom. The maximum Gasteiger partial charge on any atom is 0.0595 e. The summed E-state index contributed by atoms with van der Waals surface area (Å²) in [6.07, 6.45) is 2.66. The fourth-order valence-electron chi connectivity index (χ4n) is 1.67. The molecule has 0 aliphatic carbocycles. The van der Waals surface area contributed by atoms with E-state index in [1.807, 2.05) is 0 Å². The molecule has 1 rings (SSSR count). The van der Waals surface area contributed by atoms with Gasteiger partial charge in [-0.25, -0.2) is 0 Å². The zero-order valence-electron chi connectivity index (χ0n) is 8.34. The molecule has 2 heteroatoms. The van der Waals surface area contributed by atoms with E-state index in [1.54, 1.807) is 7.11 Å². The molecule has 0 N–H and O–H groups in total. The van der Waals surface area contributed by atoms with Gasteiger partial charge in [-0.15, -0.1) is 0 Å². The first-order chi connectivity index (χ1) is 5.54. The molecule has 0 amide bonds. The maximum absolute atomic E-state index is 5.98. The zero-order chi connectivity index (χ0) is 9.19. The largest absolute Gasteiger partial charge is 0.381 e. The fraction of sp³-hybridized carbons (Fsp3) is 0.900. The third-order valence-electron chi connectivity index (χ3n) is 2.59. The van der Waals surface area contributed by atoms with E-state index in [0.29, 0.717) is 6.10 Å². The number of nitrogens with zero attached hydrogens (tertiary/aromatic N) is 1. The third kappa shape index (κ3) is 2.46. The van der Waals surface area contributed by atoms with E-state index >= 15 is 0 Å². The monoisotopic (exact) mass is 169 g/mol. The molecule has 70 valence electrons. The maximum atomic E-state index is 5.98. The number of likely N-dealkylation sites (tertiary alicyclic amines) is 1. The van der Waals surface area contributed by atoms with Gasteiger partial charge in [0.15, 0.2) is 0 Å². The van der Waals surface area contributed by atoms with Crippen LogP contribution in [0.1, 0.15) is 26.7 Å². The summed E-state index contributed by atoms with van der Waals surface area (Å²) in [6, 6.07) is 0. The lowest BCUT2D eigenvalue weighted by atomic mass is 9.99. The molecular weight excluding hydrogens is 150 g/mol. The number of piperidine rings is 1. The molecular formula is C10H19NO. The van der Waals surface area contributed by atoms with Gasteiger partial charge >= 0.3 is 0 Å². The Morgan fingerprint density at radius 2 is 1.83 bits per heavy atom. The van der Waals surface area contributed by atoms with Gasteiger partial charge < -0.3 is 4.74 Å². The zero-order valence-corrected chi connectivity index (χ0v) is 8.34. The normalized spacial score (nSPS) is 23.0. The molecule has 0 aromatic heterocycles.